The molecule has 2 nitrogen and oxygen atoms in total. The van der Waals surface area contributed by atoms with E-state index in [1.807, 2.05) is 37.3 Å². The molecule has 82 valence electrons. The fraction of sp³-hybridized carbons (Fsp3) is 0.154. The number of ether oxygens (including phenoxy) is 1. The summed E-state index contributed by atoms with van der Waals surface area (Å²) in [6, 6.07) is 9.23. The van der Waals surface area contributed by atoms with Crippen LogP contribution in [0.1, 0.15) is 15.9 Å². The Balaban J connectivity index is 2.68. The van der Waals surface area contributed by atoms with Crippen LogP contribution in [-0.4, -0.2) is 13.1 Å². The number of esters is 1. The van der Waals surface area contributed by atoms with Gasteiger partial charge in [0.2, 0.25) is 0 Å². The quantitative estimate of drug-likeness (QED) is 0.705. The van der Waals surface area contributed by atoms with Gasteiger partial charge in [0.05, 0.1) is 12.7 Å². The van der Waals surface area contributed by atoms with Crippen LogP contribution in [0.3, 0.4) is 0 Å². The summed E-state index contributed by atoms with van der Waals surface area (Å²) >= 11 is 5.93. The topological polar surface area (TPSA) is 26.3 Å². The SMILES string of the molecule is COC(=O)c1cc(C)c2cc(Cl)ccc2c1. The second-order valence-corrected chi connectivity index (χ2v) is 4.09. The van der Waals surface area contributed by atoms with Crippen LogP contribution in [0.4, 0.5) is 0 Å². The number of hydrogen-bond donors (Lipinski definition) is 0. The lowest BCUT2D eigenvalue weighted by molar-refractivity contribution is 0.0601. The number of hydrogen-bond acceptors (Lipinski definition) is 2. The molecule has 0 aliphatic rings. The van der Waals surface area contributed by atoms with Crippen LogP contribution in [0, 0.1) is 6.92 Å². The van der Waals surface area contributed by atoms with Gasteiger partial charge in [-0.1, -0.05) is 17.7 Å². The summed E-state index contributed by atoms with van der Waals surface area (Å²) in [6.07, 6.45) is 0. The van der Waals surface area contributed by atoms with Gasteiger partial charge in [0.15, 0.2) is 0 Å². The fourth-order valence-corrected chi connectivity index (χ4v) is 1.92. The Bertz CT molecular complexity index is 561. The van der Waals surface area contributed by atoms with Crippen LogP contribution in [0.25, 0.3) is 10.8 Å². The molecule has 0 spiro atoms. The van der Waals surface area contributed by atoms with Crippen molar-refractivity contribution in [3.63, 3.8) is 0 Å². The second kappa shape index (κ2) is 4.14. The number of halogens is 1. The molecule has 0 heterocycles. The Hall–Kier alpha value is -1.54. The van der Waals surface area contributed by atoms with E-state index >= 15 is 0 Å². The summed E-state index contributed by atoms with van der Waals surface area (Å²) in [5.41, 5.74) is 1.58. The second-order valence-electron chi connectivity index (χ2n) is 3.65. The first-order valence-electron chi connectivity index (χ1n) is 4.90. The van der Waals surface area contributed by atoms with E-state index in [4.69, 9.17) is 16.3 Å². The summed E-state index contributed by atoms with van der Waals surface area (Å²) in [6.45, 7) is 1.95. The summed E-state index contributed by atoms with van der Waals surface area (Å²) in [4.78, 5) is 11.4. The summed E-state index contributed by atoms with van der Waals surface area (Å²) in [5, 5.41) is 2.74. The minimum atomic E-state index is -0.319. The molecule has 0 fully saturated rings. The molecule has 0 amide bonds. The Morgan fingerprint density at radius 2 is 2.00 bits per heavy atom. The fourth-order valence-electron chi connectivity index (χ4n) is 1.75. The van der Waals surface area contributed by atoms with Gasteiger partial charge in [-0.2, -0.15) is 0 Å². The highest BCUT2D eigenvalue weighted by molar-refractivity contribution is 6.31. The Kier molecular flexibility index (Phi) is 2.84. The van der Waals surface area contributed by atoms with E-state index in [0.29, 0.717) is 10.6 Å². The minimum absolute atomic E-state index is 0.319. The number of benzene rings is 2. The average Bonchev–Trinajstić information content (AvgIpc) is 2.28. The highest BCUT2D eigenvalue weighted by Crippen LogP contribution is 2.24. The van der Waals surface area contributed by atoms with Crippen LogP contribution in [0.15, 0.2) is 30.3 Å². The van der Waals surface area contributed by atoms with Crippen molar-refractivity contribution >= 4 is 28.3 Å². The van der Waals surface area contributed by atoms with E-state index in [1.54, 1.807) is 0 Å². The summed E-state index contributed by atoms with van der Waals surface area (Å²) in [5.74, 6) is -0.319. The predicted molar refractivity (Wildman–Crippen MR) is 65.0 cm³/mol. The molecule has 0 N–H and O–H groups in total. The average molecular weight is 235 g/mol. The number of rotatable bonds is 1. The maximum atomic E-state index is 11.4. The van der Waals surface area contributed by atoms with Crippen molar-refractivity contribution < 1.29 is 9.53 Å². The maximum absolute atomic E-state index is 11.4. The molecular weight excluding hydrogens is 224 g/mol. The van der Waals surface area contributed by atoms with E-state index in [1.165, 1.54) is 7.11 Å². The normalized spacial score (nSPS) is 10.4. The molecule has 0 aliphatic carbocycles. The van der Waals surface area contributed by atoms with Crippen molar-refractivity contribution in [1.82, 2.24) is 0 Å². The number of aryl methyl sites for hydroxylation is 1. The molecule has 3 heteroatoms. The third-order valence-electron chi connectivity index (χ3n) is 2.54. The van der Waals surface area contributed by atoms with Gasteiger partial charge in [0.25, 0.3) is 0 Å². The molecular formula is C13H11ClO2. The molecule has 2 rings (SSSR count). The van der Waals surface area contributed by atoms with E-state index in [9.17, 15) is 4.79 Å². The molecule has 0 aliphatic heterocycles. The van der Waals surface area contributed by atoms with Gasteiger partial charge in [-0.3, -0.25) is 0 Å². The number of methoxy groups -OCH3 is 1. The van der Waals surface area contributed by atoms with Gasteiger partial charge in [-0.15, -0.1) is 0 Å². The zero-order chi connectivity index (χ0) is 11.7. The Morgan fingerprint density at radius 3 is 2.69 bits per heavy atom. The maximum Gasteiger partial charge on any atom is 0.337 e. The van der Waals surface area contributed by atoms with Crippen LogP contribution in [-0.2, 0) is 4.74 Å². The molecule has 0 radical (unpaired) electrons. The number of fused-ring (bicyclic) bond motifs is 1. The van der Waals surface area contributed by atoms with E-state index in [0.717, 1.165) is 16.3 Å². The predicted octanol–water partition coefficient (Wildman–Crippen LogP) is 3.59. The lowest BCUT2D eigenvalue weighted by Crippen LogP contribution is -2.01. The zero-order valence-electron chi connectivity index (χ0n) is 9.08. The molecule has 0 saturated carbocycles. The lowest BCUT2D eigenvalue weighted by atomic mass is 10.0. The van der Waals surface area contributed by atoms with Gasteiger partial charge in [0.1, 0.15) is 0 Å². The molecule has 2 aromatic rings. The van der Waals surface area contributed by atoms with Crippen molar-refractivity contribution in [1.29, 1.82) is 0 Å². The van der Waals surface area contributed by atoms with Gasteiger partial charge < -0.3 is 4.74 Å². The monoisotopic (exact) mass is 234 g/mol. The number of carbonyl (C=O) groups is 1. The zero-order valence-corrected chi connectivity index (χ0v) is 9.84. The summed E-state index contributed by atoms with van der Waals surface area (Å²) < 4.78 is 4.70. The first-order valence-corrected chi connectivity index (χ1v) is 5.28. The third kappa shape index (κ3) is 1.89. The largest absolute Gasteiger partial charge is 0.465 e. The molecule has 2 aromatic carbocycles. The molecule has 0 bridgehead atoms. The van der Waals surface area contributed by atoms with Gasteiger partial charge >= 0.3 is 5.97 Å². The van der Waals surface area contributed by atoms with Gasteiger partial charge in [0, 0.05) is 5.02 Å². The number of carbonyl (C=O) groups excluding carboxylic acids is 1. The lowest BCUT2D eigenvalue weighted by Gasteiger charge is -2.06. The molecule has 0 atom stereocenters. The Morgan fingerprint density at radius 1 is 1.25 bits per heavy atom. The van der Waals surface area contributed by atoms with Crippen molar-refractivity contribution in [2.45, 2.75) is 6.92 Å². The standard InChI is InChI=1S/C13H11ClO2/c1-8-5-10(13(15)16-2)6-9-3-4-11(14)7-12(8)9/h3-7H,1-2H3. The van der Waals surface area contributed by atoms with Crippen molar-refractivity contribution in [2.75, 3.05) is 7.11 Å². The van der Waals surface area contributed by atoms with E-state index < -0.39 is 0 Å². The van der Waals surface area contributed by atoms with Crippen molar-refractivity contribution in [3.8, 4) is 0 Å². The van der Waals surface area contributed by atoms with Crippen molar-refractivity contribution in [3.05, 3.63) is 46.5 Å². The van der Waals surface area contributed by atoms with Crippen LogP contribution in [0.2, 0.25) is 5.02 Å². The highest BCUT2D eigenvalue weighted by Gasteiger charge is 2.08. The van der Waals surface area contributed by atoms with Crippen LogP contribution >= 0.6 is 11.6 Å². The highest BCUT2D eigenvalue weighted by atomic mass is 35.5. The van der Waals surface area contributed by atoms with Gasteiger partial charge in [-0.25, -0.2) is 4.79 Å². The molecule has 0 saturated heterocycles. The molecule has 0 aromatic heterocycles. The summed E-state index contributed by atoms with van der Waals surface area (Å²) in [7, 11) is 1.38. The minimum Gasteiger partial charge on any atom is -0.465 e. The molecule has 0 unspecified atom stereocenters. The first kappa shape index (κ1) is 11.0. The van der Waals surface area contributed by atoms with Crippen molar-refractivity contribution in [2.24, 2.45) is 0 Å². The third-order valence-corrected chi connectivity index (χ3v) is 2.78. The molecule has 16 heavy (non-hydrogen) atoms. The van der Waals surface area contributed by atoms with Crippen LogP contribution in [0.5, 0.6) is 0 Å². The van der Waals surface area contributed by atoms with E-state index in [-0.39, 0.29) is 5.97 Å². The smallest absolute Gasteiger partial charge is 0.337 e. The first-order chi connectivity index (χ1) is 7.61. The Labute approximate surface area is 98.8 Å². The van der Waals surface area contributed by atoms with Crippen LogP contribution < -0.4 is 0 Å². The van der Waals surface area contributed by atoms with E-state index in [2.05, 4.69) is 0 Å². The van der Waals surface area contributed by atoms with Gasteiger partial charge in [-0.05, 0) is 47.5 Å².